The van der Waals surface area contributed by atoms with Gasteiger partial charge in [0.25, 0.3) is 0 Å². The molecule has 0 bridgehead atoms. The molecule has 3 heterocycles. The fraction of sp³-hybridized carbons (Fsp3) is 0.500. The second-order valence-electron chi connectivity index (χ2n) is 5.85. The summed E-state index contributed by atoms with van der Waals surface area (Å²) in [5, 5.41) is 7.94. The minimum Gasteiger partial charge on any atom is -0.464 e. The van der Waals surface area contributed by atoms with E-state index in [0.717, 1.165) is 38.2 Å². The van der Waals surface area contributed by atoms with Gasteiger partial charge in [0.1, 0.15) is 0 Å². The molecule has 1 saturated heterocycles. The zero-order valence-electron chi connectivity index (χ0n) is 13.5. The molecule has 0 atom stereocenters. The van der Waals surface area contributed by atoms with Crippen LogP contribution in [-0.2, 0) is 11.3 Å². The van der Waals surface area contributed by atoms with Gasteiger partial charge in [0.05, 0.1) is 25.0 Å². The molecule has 2 aromatic rings. The molecule has 7 nitrogen and oxygen atoms in total. The van der Waals surface area contributed by atoms with Gasteiger partial charge >= 0.3 is 5.97 Å². The Kier molecular flexibility index (Phi) is 4.66. The predicted octanol–water partition coefficient (Wildman–Crippen LogP) is 1.61. The Morgan fingerprint density at radius 3 is 2.87 bits per heavy atom. The number of esters is 1. The maximum absolute atomic E-state index is 11.4. The highest BCUT2D eigenvalue weighted by Crippen LogP contribution is 2.23. The molecule has 2 aromatic heterocycles. The molecule has 23 heavy (non-hydrogen) atoms. The van der Waals surface area contributed by atoms with E-state index in [-0.39, 0.29) is 11.7 Å². The zero-order chi connectivity index (χ0) is 16.2. The van der Waals surface area contributed by atoms with E-state index < -0.39 is 5.97 Å². The van der Waals surface area contributed by atoms with Gasteiger partial charge in [-0.05, 0) is 31.4 Å². The summed E-state index contributed by atoms with van der Waals surface area (Å²) >= 11 is 0. The number of ether oxygens (including phenoxy) is 1. The Labute approximate surface area is 135 Å². The highest BCUT2D eigenvalue weighted by molar-refractivity contribution is 5.86. The number of carbonyl (C=O) groups excluding carboxylic acids is 1. The number of rotatable bonds is 4. The largest absolute Gasteiger partial charge is 0.464 e. The maximum Gasteiger partial charge on any atom is 0.360 e. The van der Waals surface area contributed by atoms with E-state index in [2.05, 4.69) is 37.9 Å². The van der Waals surface area contributed by atoms with Crippen LogP contribution in [0.25, 0.3) is 0 Å². The van der Waals surface area contributed by atoms with Crippen LogP contribution in [0.3, 0.4) is 0 Å². The van der Waals surface area contributed by atoms with Crippen molar-refractivity contribution < 1.29 is 9.53 Å². The highest BCUT2D eigenvalue weighted by atomic mass is 16.5. The van der Waals surface area contributed by atoms with Crippen LogP contribution >= 0.6 is 0 Å². The summed E-state index contributed by atoms with van der Waals surface area (Å²) in [7, 11) is 1.35. The second kappa shape index (κ2) is 6.87. The number of carbonyl (C=O) groups is 1. The number of nitrogens with zero attached hydrogens (tertiary/aromatic N) is 5. The van der Waals surface area contributed by atoms with Crippen LogP contribution < -0.4 is 0 Å². The molecular formula is C16H21N5O2. The van der Waals surface area contributed by atoms with E-state index in [9.17, 15) is 4.79 Å². The van der Waals surface area contributed by atoms with Crippen LogP contribution in [0.2, 0.25) is 0 Å². The SMILES string of the molecule is COC(=O)c1cn(C2CCN(Cc3ncccc3C)CC2)nn1. The standard InChI is InChI=1S/C16H21N5O2/c1-12-4-3-7-17-14(12)10-20-8-5-13(6-9-20)21-11-15(18-19-21)16(22)23-2/h3-4,7,11,13H,5-6,8-10H2,1-2H3. The molecule has 1 aliphatic heterocycles. The van der Waals surface area contributed by atoms with E-state index in [1.807, 2.05) is 12.3 Å². The average molecular weight is 315 g/mol. The summed E-state index contributed by atoms with van der Waals surface area (Å²) in [5.41, 5.74) is 2.63. The Morgan fingerprint density at radius 1 is 1.39 bits per heavy atom. The molecule has 1 aliphatic rings. The van der Waals surface area contributed by atoms with Crippen molar-refractivity contribution in [1.82, 2.24) is 24.9 Å². The third kappa shape index (κ3) is 3.56. The van der Waals surface area contributed by atoms with Gasteiger partial charge in [-0.3, -0.25) is 9.88 Å². The molecule has 0 spiro atoms. The first-order valence-electron chi connectivity index (χ1n) is 7.80. The molecule has 0 aromatic carbocycles. The first kappa shape index (κ1) is 15.6. The van der Waals surface area contributed by atoms with Crippen molar-refractivity contribution in [2.24, 2.45) is 0 Å². The maximum atomic E-state index is 11.4. The van der Waals surface area contributed by atoms with Gasteiger partial charge in [-0.1, -0.05) is 11.3 Å². The topological polar surface area (TPSA) is 73.1 Å². The van der Waals surface area contributed by atoms with Crippen molar-refractivity contribution in [3.63, 3.8) is 0 Å². The van der Waals surface area contributed by atoms with E-state index in [4.69, 9.17) is 0 Å². The minimum absolute atomic E-state index is 0.263. The van der Waals surface area contributed by atoms with Gasteiger partial charge in [-0.25, -0.2) is 9.48 Å². The number of hydrogen-bond acceptors (Lipinski definition) is 6. The third-order valence-electron chi connectivity index (χ3n) is 4.33. The van der Waals surface area contributed by atoms with Crippen molar-refractivity contribution in [3.05, 3.63) is 41.5 Å². The summed E-state index contributed by atoms with van der Waals surface area (Å²) in [6, 6.07) is 4.34. The molecule has 122 valence electrons. The second-order valence-corrected chi connectivity index (χ2v) is 5.85. The molecule has 1 fully saturated rings. The number of likely N-dealkylation sites (tertiary alicyclic amines) is 1. The van der Waals surface area contributed by atoms with Crippen LogP contribution in [0.5, 0.6) is 0 Å². The average Bonchev–Trinajstić information content (AvgIpc) is 3.07. The Morgan fingerprint density at radius 2 is 2.17 bits per heavy atom. The van der Waals surface area contributed by atoms with Gasteiger partial charge in [-0.15, -0.1) is 5.10 Å². The highest BCUT2D eigenvalue weighted by Gasteiger charge is 2.23. The molecule has 3 rings (SSSR count). The number of methoxy groups -OCH3 is 1. The molecule has 0 radical (unpaired) electrons. The van der Waals surface area contributed by atoms with Crippen molar-refractivity contribution in [1.29, 1.82) is 0 Å². The molecule has 0 saturated carbocycles. The lowest BCUT2D eigenvalue weighted by molar-refractivity contribution is 0.0594. The Hall–Kier alpha value is -2.28. The third-order valence-corrected chi connectivity index (χ3v) is 4.33. The van der Waals surface area contributed by atoms with Crippen LogP contribution in [0.4, 0.5) is 0 Å². The van der Waals surface area contributed by atoms with Crippen molar-refractivity contribution >= 4 is 5.97 Å². The lowest BCUT2D eigenvalue weighted by Gasteiger charge is -2.31. The van der Waals surface area contributed by atoms with Crippen LogP contribution in [0.15, 0.2) is 24.5 Å². The minimum atomic E-state index is -0.445. The quantitative estimate of drug-likeness (QED) is 0.798. The number of aryl methyl sites for hydroxylation is 1. The summed E-state index contributed by atoms with van der Waals surface area (Å²) in [5.74, 6) is -0.445. The van der Waals surface area contributed by atoms with Gasteiger partial charge in [0.2, 0.25) is 0 Å². The van der Waals surface area contributed by atoms with E-state index >= 15 is 0 Å². The van der Waals surface area contributed by atoms with Gasteiger partial charge in [0, 0.05) is 25.8 Å². The van der Waals surface area contributed by atoms with Gasteiger partial charge in [-0.2, -0.15) is 0 Å². The lowest BCUT2D eigenvalue weighted by Crippen LogP contribution is -2.34. The molecule has 0 aliphatic carbocycles. The Bertz CT molecular complexity index is 677. The van der Waals surface area contributed by atoms with Crippen LogP contribution in [0, 0.1) is 6.92 Å². The summed E-state index contributed by atoms with van der Waals surface area (Å²) in [4.78, 5) is 18.3. The fourth-order valence-electron chi connectivity index (χ4n) is 2.89. The number of hydrogen-bond donors (Lipinski definition) is 0. The van der Waals surface area contributed by atoms with Gasteiger partial charge in [0.15, 0.2) is 5.69 Å². The normalized spacial score (nSPS) is 16.4. The summed E-state index contributed by atoms with van der Waals surface area (Å²) < 4.78 is 6.45. The molecule has 0 N–H and O–H groups in total. The van der Waals surface area contributed by atoms with Crippen LogP contribution in [0.1, 0.15) is 40.6 Å². The number of piperidine rings is 1. The first-order valence-corrected chi connectivity index (χ1v) is 7.80. The molecule has 0 amide bonds. The fourth-order valence-corrected chi connectivity index (χ4v) is 2.89. The number of aromatic nitrogens is 4. The Balaban J connectivity index is 1.57. The van der Waals surface area contributed by atoms with E-state index in [1.165, 1.54) is 12.7 Å². The smallest absolute Gasteiger partial charge is 0.360 e. The van der Waals surface area contributed by atoms with Crippen molar-refractivity contribution in [2.45, 2.75) is 32.4 Å². The monoisotopic (exact) mass is 315 g/mol. The zero-order valence-corrected chi connectivity index (χ0v) is 13.5. The molecule has 0 unspecified atom stereocenters. The van der Waals surface area contributed by atoms with E-state index in [0.29, 0.717) is 0 Å². The predicted molar refractivity (Wildman–Crippen MR) is 83.9 cm³/mol. The number of pyridine rings is 1. The molecular weight excluding hydrogens is 294 g/mol. The first-order chi connectivity index (χ1) is 11.2. The van der Waals surface area contributed by atoms with Crippen molar-refractivity contribution in [3.8, 4) is 0 Å². The van der Waals surface area contributed by atoms with Crippen LogP contribution in [-0.4, -0.2) is 51.0 Å². The van der Waals surface area contributed by atoms with Gasteiger partial charge < -0.3 is 4.74 Å². The molecule has 7 heteroatoms. The summed E-state index contributed by atoms with van der Waals surface area (Å²) in [6.07, 6.45) is 5.49. The summed E-state index contributed by atoms with van der Waals surface area (Å²) in [6.45, 7) is 4.94. The lowest BCUT2D eigenvalue weighted by atomic mass is 10.0. The van der Waals surface area contributed by atoms with E-state index in [1.54, 1.807) is 10.9 Å². The van der Waals surface area contributed by atoms with Crippen molar-refractivity contribution in [2.75, 3.05) is 20.2 Å².